The number of H-pyrrole nitrogens is 1. The zero-order valence-electron chi connectivity index (χ0n) is 14.3. The summed E-state index contributed by atoms with van der Waals surface area (Å²) < 4.78 is 8.04. The molecule has 0 atom stereocenters. The fourth-order valence-corrected chi connectivity index (χ4v) is 3.28. The molecule has 1 aromatic heterocycles. The maximum atomic E-state index is 6.31. The Morgan fingerprint density at radius 2 is 1.96 bits per heavy atom. The molecule has 136 valence electrons. The molecule has 0 spiro atoms. The maximum Gasteiger partial charge on any atom is 0.214 e. The lowest BCUT2D eigenvalue weighted by atomic mass is 10.2. The van der Waals surface area contributed by atoms with Gasteiger partial charge >= 0.3 is 0 Å². The summed E-state index contributed by atoms with van der Waals surface area (Å²) in [5, 5.41) is 8.13. The van der Waals surface area contributed by atoms with Crippen LogP contribution in [-0.2, 0) is 6.54 Å². The van der Waals surface area contributed by atoms with Crippen LogP contribution in [0, 0.1) is 4.77 Å². The molecule has 2 aromatic carbocycles. The normalized spacial score (nSPS) is 11.0. The van der Waals surface area contributed by atoms with Crippen LogP contribution in [0.2, 0.25) is 10.0 Å². The highest BCUT2D eigenvalue weighted by atomic mass is 35.5. The van der Waals surface area contributed by atoms with Gasteiger partial charge in [-0.15, -0.1) is 0 Å². The Morgan fingerprint density at radius 3 is 2.65 bits per heavy atom. The number of hydrogen-bond acceptors (Lipinski definition) is 4. The number of ether oxygens (including phenoxy) is 1. The average Bonchev–Trinajstić information content (AvgIpc) is 2.97. The van der Waals surface area contributed by atoms with Gasteiger partial charge in [-0.2, -0.15) is 5.10 Å². The topological polar surface area (TPSA) is 54.9 Å². The zero-order chi connectivity index (χ0) is 18.7. The maximum absolute atomic E-state index is 6.31. The molecule has 0 fully saturated rings. The van der Waals surface area contributed by atoms with Crippen molar-refractivity contribution in [2.24, 2.45) is 0 Å². The first-order chi connectivity index (χ1) is 12.5. The fraction of sp³-hybridized carbons (Fsp3) is 0.222. The van der Waals surface area contributed by atoms with E-state index in [0.717, 1.165) is 11.1 Å². The fourth-order valence-electron chi connectivity index (χ4n) is 2.50. The highest BCUT2D eigenvalue weighted by molar-refractivity contribution is 7.71. The highest BCUT2D eigenvalue weighted by Gasteiger charge is 2.14. The van der Waals surface area contributed by atoms with Gasteiger partial charge in [-0.05, 0) is 38.2 Å². The summed E-state index contributed by atoms with van der Waals surface area (Å²) in [6.07, 6.45) is -0.0107. The molecule has 0 amide bonds. The lowest BCUT2D eigenvalue weighted by Gasteiger charge is -2.17. The number of hydrogen-bond donors (Lipinski definition) is 2. The lowest BCUT2D eigenvalue weighted by Crippen LogP contribution is -2.17. The Hall–Kier alpha value is -2.02. The van der Waals surface area contributed by atoms with Crippen LogP contribution in [0.4, 0.5) is 0 Å². The Kier molecular flexibility index (Phi) is 5.86. The third-order valence-corrected chi connectivity index (χ3v) is 4.34. The number of aromatic amines is 1. The number of halogens is 2. The van der Waals surface area contributed by atoms with E-state index < -0.39 is 0 Å². The van der Waals surface area contributed by atoms with Gasteiger partial charge in [0.2, 0.25) is 4.77 Å². The van der Waals surface area contributed by atoms with Gasteiger partial charge in [0.15, 0.2) is 5.82 Å². The van der Waals surface area contributed by atoms with E-state index in [1.165, 1.54) is 0 Å². The molecule has 0 aliphatic rings. The smallest absolute Gasteiger partial charge is 0.214 e. The summed E-state index contributed by atoms with van der Waals surface area (Å²) in [4.78, 5) is 0. The predicted octanol–water partition coefficient (Wildman–Crippen LogP) is 5.45. The molecule has 26 heavy (non-hydrogen) atoms. The Morgan fingerprint density at radius 1 is 1.23 bits per heavy atom. The second-order valence-corrected chi connectivity index (χ2v) is 7.16. The monoisotopic (exact) mass is 408 g/mol. The van der Waals surface area contributed by atoms with Crippen molar-refractivity contribution in [1.82, 2.24) is 14.9 Å². The van der Waals surface area contributed by atoms with Crippen molar-refractivity contribution in [3.8, 4) is 17.1 Å². The minimum absolute atomic E-state index is 0.0107. The van der Waals surface area contributed by atoms with E-state index in [1.54, 1.807) is 10.7 Å². The molecule has 0 aliphatic heterocycles. The van der Waals surface area contributed by atoms with Crippen LogP contribution in [-0.4, -0.2) is 21.0 Å². The highest BCUT2D eigenvalue weighted by Crippen LogP contribution is 2.33. The molecule has 3 rings (SSSR count). The molecule has 0 saturated carbocycles. The van der Waals surface area contributed by atoms with Crippen LogP contribution in [0.15, 0.2) is 42.5 Å². The quantitative estimate of drug-likeness (QED) is 0.532. The van der Waals surface area contributed by atoms with Crippen molar-refractivity contribution in [1.29, 1.82) is 0 Å². The van der Waals surface area contributed by atoms with Crippen LogP contribution in [0.25, 0.3) is 11.4 Å². The van der Waals surface area contributed by atoms with Gasteiger partial charge in [-0.1, -0.05) is 53.5 Å². The Labute approximate surface area is 166 Å². The molecule has 8 heteroatoms. The third kappa shape index (κ3) is 4.20. The summed E-state index contributed by atoms with van der Waals surface area (Å²) in [7, 11) is 0. The van der Waals surface area contributed by atoms with Gasteiger partial charge in [-0.3, -0.25) is 0 Å². The summed E-state index contributed by atoms with van der Waals surface area (Å²) in [5.41, 5.74) is 5.04. The standard InChI is InChI=1S/C18H18Cl2N4OS/c1-11(2)25-16-13(8-14(19)9-15(16)20)10-21-24-17(22-23-18(24)26)12-6-4-3-5-7-12/h3-9,11,21H,10H2,1-2H3,(H,23,26). The minimum atomic E-state index is -0.0107. The molecule has 3 aromatic rings. The lowest BCUT2D eigenvalue weighted by molar-refractivity contribution is 0.240. The van der Waals surface area contributed by atoms with Crippen LogP contribution in [0.3, 0.4) is 0 Å². The number of nitrogens with zero attached hydrogens (tertiary/aromatic N) is 2. The van der Waals surface area contributed by atoms with Gasteiger partial charge in [0.05, 0.1) is 17.7 Å². The van der Waals surface area contributed by atoms with E-state index in [0.29, 0.717) is 32.9 Å². The average molecular weight is 409 g/mol. The van der Waals surface area contributed by atoms with Crippen molar-refractivity contribution < 1.29 is 4.74 Å². The molecule has 0 radical (unpaired) electrons. The first-order valence-corrected chi connectivity index (χ1v) is 9.23. The number of nitrogens with one attached hydrogen (secondary N) is 2. The van der Waals surface area contributed by atoms with Crippen molar-refractivity contribution in [3.05, 3.63) is 62.8 Å². The summed E-state index contributed by atoms with van der Waals surface area (Å²) >= 11 is 17.8. The number of rotatable bonds is 6. The van der Waals surface area contributed by atoms with E-state index in [1.807, 2.05) is 50.2 Å². The van der Waals surface area contributed by atoms with E-state index in [-0.39, 0.29) is 6.10 Å². The molecule has 0 unspecified atom stereocenters. The largest absolute Gasteiger partial charge is 0.489 e. The molecular formula is C18H18Cl2N4OS. The summed E-state index contributed by atoms with van der Waals surface area (Å²) in [6, 6.07) is 13.3. The zero-order valence-corrected chi connectivity index (χ0v) is 16.6. The summed E-state index contributed by atoms with van der Waals surface area (Å²) in [5.74, 6) is 1.30. The minimum Gasteiger partial charge on any atom is -0.489 e. The number of benzene rings is 2. The van der Waals surface area contributed by atoms with E-state index in [2.05, 4.69) is 15.6 Å². The molecule has 2 N–H and O–H groups in total. The van der Waals surface area contributed by atoms with Crippen molar-refractivity contribution in [2.45, 2.75) is 26.5 Å². The summed E-state index contributed by atoms with van der Waals surface area (Å²) in [6.45, 7) is 4.31. The van der Waals surface area contributed by atoms with E-state index in [9.17, 15) is 0 Å². The van der Waals surface area contributed by atoms with Crippen LogP contribution < -0.4 is 10.2 Å². The second-order valence-electron chi connectivity index (χ2n) is 5.93. The van der Waals surface area contributed by atoms with Crippen molar-refractivity contribution in [3.63, 3.8) is 0 Å². The molecule has 1 heterocycles. The molecule has 0 saturated heterocycles. The third-order valence-electron chi connectivity index (χ3n) is 3.57. The second kappa shape index (κ2) is 8.12. The Bertz CT molecular complexity index is 954. The van der Waals surface area contributed by atoms with Gasteiger partial charge in [0.1, 0.15) is 5.75 Å². The van der Waals surface area contributed by atoms with Crippen LogP contribution in [0.1, 0.15) is 19.4 Å². The van der Waals surface area contributed by atoms with E-state index >= 15 is 0 Å². The SMILES string of the molecule is CC(C)Oc1c(Cl)cc(Cl)cc1CNn1c(-c2ccccc2)n[nH]c1=S. The van der Waals surface area contributed by atoms with Gasteiger partial charge in [0, 0.05) is 16.1 Å². The Balaban J connectivity index is 1.91. The molecule has 5 nitrogen and oxygen atoms in total. The molecule has 0 aliphatic carbocycles. The molecule has 0 bridgehead atoms. The first-order valence-electron chi connectivity index (χ1n) is 8.07. The molecular weight excluding hydrogens is 391 g/mol. The van der Waals surface area contributed by atoms with E-state index in [4.69, 9.17) is 40.2 Å². The first kappa shape index (κ1) is 18.8. The van der Waals surface area contributed by atoms with Crippen molar-refractivity contribution in [2.75, 3.05) is 5.43 Å². The predicted molar refractivity (Wildman–Crippen MR) is 108 cm³/mol. The van der Waals surface area contributed by atoms with Crippen LogP contribution >= 0.6 is 35.4 Å². The number of aromatic nitrogens is 3. The van der Waals surface area contributed by atoms with Crippen molar-refractivity contribution >= 4 is 35.4 Å². The van der Waals surface area contributed by atoms with Gasteiger partial charge in [0.25, 0.3) is 0 Å². The van der Waals surface area contributed by atoms with Crippen LogP contribution in [0.5, 0.6) is 5.75 Å². The van der Waals surface area contributed by atoms with Gasteiger partial charge < -0.3 is 10.2 Å². The van der Waals surface area contributed by atoms with Gasteiger partial charge in [-0.25, -0.2) is 9.77 Å².